The number of guanidine groups is 1. The van der Waals surface area contributed by atoms with Gasteiger partial charge >= 0.3 is 0 Å². The van der Waals surface area contributed by atoms with E-state index in [1.807, 2.05) is 0 Å². The standard InChI is InChI=1S/C18H35N5O/c1-2-22-9-5-6-16(22)14-20-17(19)21-15-18(7-12-24-13-8-18)23-10-3-4-11-23/h16H,2-15H2,1H3,(H3,19,20,21). The zero-order valence-electron chi connectivity index (χ0n) is 15.3. The van der Waals surface area contributed by atoms with E-state index in [1.54, 1.807) is 0 Å². The van der Waals surface area contributed by atoms with Crippen molar-refractivity contribution in [2.75, 3.05) is 52.5 Å². The molecule has 0 radical (unpaired) electrons. The molecule has 3 N–H and O–H groups in total. The van der Waals surface area contributed by atoms with Gasteiger partial charge in [0.25, 0.3) is 0 Å². The second-order valence-corrected chi connectivity index (χ2v) is 7.54. The summed E-state index contributed by atoms with van der Waals surface area (Å²) < 4.78 is 5.60. The van der Waals surface area contributed by atoms with Crippen LogP contribution in [-0.4, -0.2) is 79.8 Å². The van der Waals surface area contributed by atoms with Crippen molar-refractivity contribution in [3.8, 4) is 0 Å². The largest absolute Gasteiger partial charge is 0.381 e. The Bertz CT molecular complexity index is 416. The minimum Gasteiger partial charge on any atom is -0.381 e. The third-order valence-corrected chi connectivity index (χ3v) is 6.17. The molecule has 0 aromatic rings. The molecule has 3 rings (SSSR count). The zero-order chi connectivity index (χ0) is 16.8. The van der Waals surface area contributed by atoms with Crippen molar-refractivity contribution >= 4 is 5.96 Å². The van der Waals surface area contributed by atoms with Gasteiger partial charge in [-0.25, -0.2) is 0 Å². The Balaban J connectivity index is 1.53. The number of hydrogen-bond acceptors (Lipinski definition) is 4. The highest BCUT2D eigenvalue weighted by Crippen LogP contribution is 2.31. The van der Waals surface area contributed by atoms with Crippen molar-refractivity contribution in [3.63, 3.8) is 0 Å². The maximum atomic E-state index is 6.18. The molecule has 0 aromatic heterocycles. The van der Waals surface area contributed by atoms with Gasteiger partial charge in [-0.3, -0.25) is 14.8 Å². The van der Waals surface area contributed by atoms with Crippen molar-refractivity contribution in [2.45, 2.75) is 57.0 Å². The normalized spacial score (nSPS) is 29.2. The fourth-order valence-corrected chi connectivity index (χ4v) is 4.57. The predicted octanol–water partition coefficient (Wildman–Crippen LogP) is 1.02. The van der Waals surface area contributed by atoms with E-state index in [1.165, 1.54) is 45.3 Å². The second kappa shape index (κ2) is 8.50. The van der Waals surface area contributed by atoms with Gasteiger partial charge in [-0.05, 0) is 64.7 Å². The molecular formula is C18H35N5O. The molecule has 1 unspecified atom stereocenters. The van der Waals surface area contributed by atoms with Gasteiger partial charge in [-0.15, -0.1) is 0 Å². The summed E-state index contributed by atoms with van der Waals surface area (Å²) in [4.78, 5) is 9.92. The molecule has 6 heteroatoms. The fourth-order valence-electron chi connectivity index (χ4n) is 4.57. The molecule has 6 nitrogen and oxygen atoms in total. The molecule has 1 atom stereocenters. The Morgan fingerprint density at radius 1 is 1.21 bits per heavy atom. The van der Waals surface area contributed by atoms with Crippen LogP contribution in [0, 0.1) is 0 Å². The molecule has 0 bridgehead atoms. The van der Waals surface area contributed by atoms with Gasteiger partial charge in [0.2, 0.25) is 0 Å². The summed E-state index contributed by atoms with van der Waals surface area (Å²) in [7, 11) is 0. The molecule has 0 aromatic carbocycles. The number of hydrogen-bond donors (Lipinski definition) is 2. The van der Waals surface area contributed by atoms with Crippen molar-refractivity contribution in [3.05, 3.63) is 0 Å². The third-order valence-electron chi connectivity index (χ3n) is 6.17. The van der Waals surface area contributed by atoms with E-state index in [4.69, 9.17) is 15.5 Å². The van der Waals surface area contributed by atoms with Crippen LogP contribution < -0.4 is 11.1 Å². The number of nitrogens with one attached hydrogen (secondary N) is 1. The van der Waals surface area contributed by atoms with E-state index in [-0.39, 0.29) is 5.54 Å². The first-order chi connectivity index (χ1) is 11.7. The quantitative estimate of drug-likeness (QED) is 0.560. The average Bonchev–Trinajstić information content (AvgIpc) is 3.30. The van der Waals surface area contributed by atoms with Gasteiger partial charge in [-0.1, -0.05) is 6.92 Å². The molecule has 3 saturated heterocycles. The van der Waals surface area contributed by atoms with Gasteiger partial charge in [0, 0.05) is 31.3 Å². The Morgan fingerprint density at radius 3 is 2.67 bits per heavy atom. The maximum absolute atomic E-state index is 6.18. The molecule has 3 heterocycles. The highest BCUT2D eigenvalue weighted by atomic mass is 16.5. The van der Waals surface area contributed by atoms with Crippen LogP contribution in [0.3, 0.4) is 0 Å². The summed E-state index contributed by atoms with van der Waals surface area (Å²) in [5, 5.41) is 3.37. The van der Waals surface area contributed by atoms with E-state index in [0.717, 1.165) is 45.7 Å². The van der Waals surface area contributed by atoms with Crippen LogP contribution in [0.4, 0.5) is 0 Å². The first-order valence-corrected chi connectivity index (χ1v) is 9.84. The van der Waals surface area contributed by atoms with Crippen molar-refractivity contribution in [2.24, 2.45) is 10.7 Å². The van der Waals surface area contributed by atoms with Crippen molar-refractivity contribution < 1.29 is 4.74 Å². The highest BCUT2D eigenvalue weighted by Gasteiger charge is 2.39. The Hall–Kier alpha value is -0.850. The lowest BCUT2D eigenvalue weighted by atomic mass is 9.88. The number of nitrogens with two attached hydrogens (primary N) is 1. The Kier molecular flexibility index (Phi) is 6.36. The van der Waals surface area contributed by atoms with E-state index in [0.29, 0.717) is 12.0 Å². The van der Waals surface area contributed by atoms with E-state index < -0.39 is 0 Å². The van der Waals surface area contributed by atoms with E-state index in [9.17, 15) is 0 Å². The molecular weight excluding hydrogens is 302 g/mol. The first kappa shape index (κ1) is 18.0. The van der Waals surface area contributed by atoms with Crippen LogP contribution in [0.25, 0.3) is 0 Å². The Labute approximate surface area is 146 Å². The number of likely N-dealkylation sites (tertiary alicyclic amines) is 2. The number of ether oxygens (including phenoxy) is 1. The minimum absolute atomic E-state index is 0.170. The fraction of sp³-hybridized carbons (Fsp3) is 0.944. The van der Waals surface area contributed by atoms with Gasteiger partial charge < -0.3 is 15.8 Å². The SMILES string of the molecule is CCN1CCCC1CNC(N)=NCC1(N2CCCC2)CCOCC1. The summed E-state index contributed by atoms with van der Waals surface area (Å²) in [6.07, 6.45) is 7.35. The average molecular weight is 338 g/mol. The van der Waals surface area contributed by atoms with Gasteiger partial charge in [-0.2, -0.15) is 0 Å². The van der Waals surface area contributed by atoms with Crippen LogP contribution >= 0.6 is 0 Å². The summed E-state index contributed by atoms with van der Waals surface area (Å²) >= 11 is 0. The van der Waals surface area contributed by atoms with Crippen LogP contribution in [0.15, 0.2) is 4.99 Å². The predicted molar refractivity (Wildman–Crippen MR) is 98.4 cm³/mol. The van der Waals surface area contributed by atoms with Crippen LogP contribution in [-0.2, 0) is 4.74 Å². The summed E-state index contributed by atoms with van der Waals surface area (Å²) in [6, 6.07) is 0.611. The molecule has 138 valence electrons. The third kappa shape index (κ3) is 4.21. The van der Waals surface area contributed by atoms with Crippen LogP contribution in [0.5, 0.6) is 0 Å². The number of aliphatic imine (C=N–C) groups is 1. The number of rotatable bonds is 6. The van der Waals surface area contributed by atoms with Gasteiger partial charge in [0.15, 0.2) is 5.96 Å². The number of likely N-dealkylation sites (N-methyl/N-ethyl adjacent to an activating group) is 1. The number of nitrogens with zero attached hydrogens (tertiary/aromatic N) is 3. The van der Waals surface area contributed by atoms with Crippen molar-refractivity contribution in [1.82, 2.24) is 15.1 Å². The molecule has 0 amide bonds. The second-order valence-electron chi connectivity index (χ2n) is 7.54. The molecule has 3 aliphatic rings. The molecule has 0 spiro atoms. The maximum Gasteiger partial charge on any atom is 0.188 e. The molecule has 3 fully saturated rings. The zero-order valence-corrected chi connectivity index (χ0v) is 15.3. The minimum atomic E-state index is 0.170. The lowest BCUT2D eigenvalue weighted by Gasteiger charge is -2.43. The topological polar surface area (TPSA) is 66.1 Å². The summed E-state index contributed by atoms with van der Waals surface area (Å²) in [5.74, 6) is 0.614. The van der Waals surface area contributed by atoms with E-state index >= 15 is 0 Å². The lowest BCUT2D eigenvalue weighted by molar-refractivity contribution is -0.0138. The van der Waals surface area contributed by atoms with E-state index in [2.05, 4.69) is 22.0 Å². The van der Waals surface area contributed by atoms with Gasteiger partial charge in [0.05, 0.1) is 6.54 Å². The van der Waals surface area contributed by atoms with Crippen LogP contribution in [0.2, 0.25) is 0 Å². The monoisotopic (exact) mass is 337 g/mol. The Morgan fingerprint density at radius 2 is 1.96 bits per heavy atom. The summed E-state index contributed by atoms with van der Waals surface area (Å²) in [6.45, 7) is 10.4. The molecule has 0 aliphatic carbocycles. The molecule has 0 saturated carbocycles. The lowest BCUT2D eigenvalue weighted by Crippen LogP contribution is -2.54. The smallest absolute Gasteiger partial charge is 0.188 e. The van der Waals surface area contributed by atoms with Crippen molar-refractivity contribution in [1.29, 1.82) is 0 Å². The summed E-state index contributed by atoms with van der Waals surface area (Å²) in [5.41, 5.74) is 6.35. The van der Waals surface area contributed by atoms with Gasteiger partial charge in [0.1, 0.15) is 0 Å². The highest BCUT2D eigenvalue weighted by molar-refractivity contribution is 5.77. The first-order valence-electron chi connectivity index (χ1n) is 9.84. The molecule has 3 aliphatic heterocycles. The molecule has 24 heavy (non-hydrogen) atoms. The van der Waals surface area contributed by atoms with Crippen LogP contribution in [0.1, 0.15) is 45.4 Å².